The Kier molecular flexibility index (Phi) is 6.83. The lowest BCUT2D eigenvalue weighted by Crippen LogP contribution is -2.25. The Balaban J connectivity index is 1.59. The summed E-state index contributed by atoms with van der Waals surface area (Å²) in [7, 11) is 0. The first-order chi connectivity index (χ1) is 14.2. The molecule has 8 heteroatoms. The lowest BCUT2D eigenvalue weighted by molar-refractivity contribution is -0.121. The number of aryl methyl sites for hydroxylation is 1. The maximum absolute atomic E-state index is 12.3. The first-order valence-electron chi connectivity index (χ1n) is 9.12. The molecule has 3 aromatic rings. The van der Waals surface area contributed by atoms with Crippen LogP contribution in [0.1, 0.15) is 17.8 Å². The van der Waals surface area contributed by atoms with Gasteiger partial charge in [-0.25, -0.2) is 0 Å². The summed E-state index contributed by atoms with van der Waals surface area (Å²) in [5.74, 6) is 0.786. The van der Waals surface area contributed by atoms with Crippen LogP contribution in [0, 0.1) is 0 Å². The molecule has 1 aromatic carbocycles. The van der Waals surface area contributed by atoms with Crippen LogP contribution in [0.15, 0.2) is 66.1 Å². The molecule has 0 spiro atoms. The van der Waals surface area contributed by atoms with Crippen LogP contribution in [0.5, 0.6) is 5.75 Å². The van der Waals surface area contributed by atoms with E-state index in [2.05, 4.69) is 32.1 Å². The second-order valence-corrected chi connectivity index (χ2v) is 6.17. The molecule has 2 N–H and O–H groups in total. The van der Waals surface area contributed by atoms with E-state index in [1.54, 1.807) is 36.5 Å². The van der Waals surface area contributed by atoms with Crippen molar-refractivity contribution in [2.45, 2.75) is 19.4 Å². The van der Waals surface area contributed by atoms with E-state index in [-0.39, 0.29) is 30.0 Å². The molecule has 0 unspecified atom stereocenters. The van der Waals surface area contributed by atoms with Crippen LogP contribution >= 0.6 is 0 Å². The number of pyridine rings is 1. The summed E-state index contributed by atoms with van der Waals surface area (Å²) in [6.45, 7) is 4.33. The molecule has 0 radical (unpaired) electrons. The highest BCUT2D eigenvalue weighted by molar-refractivity contribution is 5.76. The smallest absolute Gasteiger partial charge is 0.273 e. The van der Waals surface area contributed by atoms with Crippen LogP contribution in [0.4, 0.5) is 0 Å². The van der Waals surface area contributed by atoms with Crippen molar-refractivity contribution in [1.82, 2.24) is 25.5 Å². The van der Waals surface area contributed by atoms with Crippen molar-refractivity contribution in [3.8, 4) is 17.1 Å². The number of carbonyl (C=O) groups excluding carboxylic acids is 1. The van der Waals surface area contributed by atoms with Gasteiger partial charge < -0.3 is 15.0 Å². The van der Waals surface area contributed by atoms with E-state index in [1.165, 1.54) is 0 Å². The van der Waals surface area contributed by atoms with E-state index < -0.39 is 0 Å². The van der Waals surface area contributed by atoms with Gasteiger partial charge in [0.05, 0.1) is 12.2 Å². The molecule has 8 nitrogen and oxygen atoms in total. The van der Waals surface area contributed by atoms with Gasteiger partial charge in [-0.05, 0) is 24.3 Å². The average Bonchev–Trinajstić information content (AvgIpc) is 2.76. The van der Waals surface area contributed by atoms with Gasteiger partial charge in [-0.3, -0.25) is 14.6 Å². The lowest BCUT2D eigenvalue weighted by atomic mass is 10.2. The second kappa shape index (κ2) is 9.93. The molecule has 0 bridgehead atoms. The Labute approximate surface area is 167 Å². The lowest BCUT2D eigenvalue weighted by Gasteiger charge is -2.06. The fourth-order valence-electron chi connectivity index (χ4n) is 2.55. The molecule has 29 heavy (non-hydrogen) atoms. The number of H-pyrrole nitrogens is 1. The third-order valence-electron chi connectivity index (χ3n) is 4.02. The maximum Gasteiger partial charge on any atom is 0.273 e. The highest BCUT2D eigenvalue weighted by atomic mass is 16.5. The highest BCUT2D eigenvalue weighted by Crippen LogP contribution is 2.19. The number of nitrogens with one attached hydrogen (secondary N) is 2. The van der Waals surface area contributed by atoms with Crippen molar-refractivity contribution >= 4 is 5.91 Å². The van der Waals surface area contributed by atoms with Gasteiger partial charge in [0.25, 0.3) is 5.56 Å². The van der Waals surface area contributed by atoms with Gasteiger partial charge in [-0.2, -0.15) is 0 Å². The molecule has 3 rings (SSSR count). The molecule has 0 saturated carbocycles. The molecule has 0 aliphatic heterocycles. The summed E-state index contributed by atoms with van der Waals surface area (Å²) in [5.41, 5.74) is 1.28. The number of carbonyl (C=O) groups is 1. The number of rotatable bonds is 9. The Morgan fingerprint density at radius 1 is 1.21 bits per heavy atom. The van der Waals surface area contributed by atoms with Crippen LogP contribution < -0.4 is 15.6 Å². The van der Waals surface area contributed by atoms with Crippen LogP contribution in [0.3, 0.4) is 0 Å². The molecular formula is C21H21N5O3. The van der Waals surface area contributed by atoms with Crippen molar-refractivity contribution < 1.29 is 9.53 Å². The molecule has 0 aliphatic carbocycles. The number of hydrogen-bond acceptors (Lipinski definition) is 6. The minimum absolute atomic E-state index is 0.134. The number of ether oxygens (including phenoxy) is 1. The Bertz CT molecular complexity index is 1030. The molecule has 2 heterocycles. The standard InChI is InChI=1S/C21H21N5O3/c1-2-12-29-17-8-5-6-15(13-17)20-24-21(28)18(25-26-20)9-10-19(27)23-14-16-7-3-4-11-22-16/h2-8,11,13H,1,9-10,12,14H2,(H,23,27)(H,24,26,28). The third kappa shape index (κ3) is 5.83. The van der Waals surface area contributed by atoms with Crippen molar-refractivity contribution in [3.63, 3.8) is 0 Å². The van der Waals surface area contributed by atoms with E-state index in [0.29, 0.717) is 30.3 Å². The number of hydrogen-bond donors (Lipinski definition) is 2. The zero-order valence-electron chi connectivity index (χ0n) is 15.8. The predicted molar refractivity (Wildman–Crippen MR) is 108 cm³/mol. The predicted octanol–water partition coefficient (Wildman–Crippen LogP) is 2.04. The summed E-state index contributed by atoms with van der Waals surface area (Å²) in [5, 5.41) is 10.8. The third-order valence-corrected chi connectivity index (χ3v) is 4.02. The number of amides is 1. The van der Waals surface area contributed by atoms with Gasteiger partial charge in [-0.15, -0.1) is 10.2 Å². The first kappa shape index (κ1) is 19.9. The fraction of sp³-hybridized carbons (Fsp3) is 0.190. The van der Waals surface area contributed by atoms with Gasteiger partial charge in [0.15, 0.2) is 5.82 Å². The number of aromatic nitrogens is 4. The topological polar surface area (TPSA) is 110 Å². The summed E-state index contributed by atoms with van der Waals surface area (Å²) >= 11 is 0. The molecule has 148 valence electrons. The van der Waals surface area contributed by atoms with E-state index in [0.717, 1.165) is 5.69 Å². The summed E-state index contributed by atoms with van der Waals surface area (Å²) in [4.78, 5) is 31.2. The molecule has 1 amide bonds. The minimum atomic E-state index is -0.370. The average molecular weight is 391 g/mol. The highest BCUT2D eigenvalue weighted by Gasteiger charge is 2.10. The van der Waals surface area contributed by atoms with Crippen LogP contribution in [-0.4, -0.2) is 32.7 Å². The molecule has 0 fully saturated rings. The maximum atomic E-state index is 12.3. The summed E-state index contributed by atoms with van der Waals surface area (Å²) in [6, 6.07) is 12.6. The van der Waals surface area contributed by atoms with Crippen molar-refractivity contribution in [3.05, 3.63) is 83.1 Å². The zero-order chi connectivity index (χ0) is 20.5. The number of benzene rings is 1. The molecular weight excluding hydrogens is 370 g/mol. The number of aromatic amines is 1. The van der Waals surface area contributed by atoms with E-state index in [1.807, 2.05) is 18.2 Å². The van der Waals surface area contributed by atoms with Gasteiger partial charge in [-0.1, -0.05) is 30.9 Å². The van der Waals surface area contributed by atoms with E-state index >= 15 is 0 Å². The van der Waals surface area contributed by atoms with Gasteiger partial charge >= 0.3 is 0 Å². The quantitative estimate of drug-likeness (QED) is 0.540. The van der Waals surface area contributed by atoms with E-state index in [9.17, 15) is 9.59 Å². The largest absolute Gasteiger partial charge is 0.490 e. The minimum Gasteiger partial charge on any atom is -0.490 e. The van der Waals surface area contributed by atoms with Crippen molar-refractivity contribution in [1.29, 1.82) is 0 Å². The van der Waals surface area contributed by atoms with Gasteiger partial charge in [0, 0.05) is 24.6 Å². The Morgan fingerprint density at radius 2 is 2.10 bits per heavy atom. The molecule has 0 aliphatic rings. The Morgan fingerprint density at radius 3 is 2.86 bits per heavy atom. The van der Waals surface area contributed by atoms with Gasteiger partial charge in [0.2, 0.25) is 5.91 Å². The van der Waals surface area contributed by atoms with Crippen LogP contribution in [-0.2, 0) is 17.8 Å². The monoisotopic (exact) mass is 391 g/mol. The molecule has 2 aromatic heterocycles. The summed E-state index contributed by atoms with van der Waals surface area (Å²) in [6.07, 6.45) is 3.64. The SMILES string of the molecule is C=CCOc1cccc(-c2nnc(CCC(=O)NCc3ccccn3)c(=O)[nH]2)c1. The van der Waals surface area contributed by atoms with E-state index in [4.69, 9.17) is 4.74 Å². The normalized spacial score (nSPS) is 10.3. The summed E-state index contributed by atoms with van der Waals surface area (Å²) < 4.78 is 5.48. The zero-order valence-corrected chi connectivity index (χ0v) is 15.8. The first-order valence-corrected chi connectivity index (χ1v) is 9.12. The van der Waals surface area contributed by atoms with Crippen molar-refractivity contribution in [2.75, 3.05) is 6.61 Å². The van der Waals surface area contributed by atoms with Crippen LogP contribution in [0.25, 0.3) is 11.4 Å². The second-order valence-electron chi connectivity index (χ2n) is 6.17. The fourth-order valence-corrected chi connectivity index (χ4v) is 2.55. The molecule has 0 saturated heterocycles. The van der Waals surface area contributed by atoms with Crippen LogP contribution in [0.2, 0.25) is 0 Å². The Hall–Kier alpha value is -3.81. The van der Waals surface area contributed by atoms with Gasteiger partial charge in [0.1, 0.15) is 18.1 Å². The van der Waals surface area contributed by atoms with Crippen molar-refractivity contribution in [2.24, 2.45) is 0 Å². The number of nitrogens with zero attached hydrogens (tertiary/aromatic N) is 3. The molecule has 0 atom stereocenters.